The smallest absolute Gasteiger partial charge is 0.411 e. The second kappa shape index (κ2) is 8.35. The topological polar surface area (TPSA) is 59.1 Å². The molecule has 1 unspecified atom stereocenters. The number of ether oxygens (including phenoxy) is 2. The summed E-state index contributed by atoms with van der Waals surface area (Å²) in [5.74, 6) is -0.716. The van der Waals surface area contributed by atoms with Crippen LogP contribution in [0.1, 0.15) is 26.3 Å². The van der Waals surface area contributed by atoms with Crippen molar-refractivity contribution in [3.8, 4) is 0 Å². The van der Waals surface area contributed by atoms with Gasteiger partial charge in [0.15, 0.2) is 0 Å². The molecule has 0 aromatic heterocycles. The normalized spacial score (nSPS) is 17.8. The number of benzene rings is 1. The summed E-state index contributed by atoms with van der Waals surface area (Å²) in [5, 5.41) is 0. The summed E-state index contributed by atoms with van der Waals surface area (Å²) in [6, 6.07) is 3.77. The van der Waals surface area contributed by atoms with Gasteiger partial charge in [-0.15, -0.1) is 0 Å². The molecular formula is C18H24BrFN2O4. The first kappa shape index (κ1) is 20.6. The Morgan fingerprint density at radius 3 is 2.77 bits per heavy atom. The van der Waals surface area contributed by atoms with E-state index in [9.17, 15) is 14.0 Å². The van der Waals surface area contributed by atoms with Crippen molar-refractivity contribution < 1.29 is 23.5 Å². The van der Waals surface area contributed by atoms with Crippen LogP contribution >= 0.6 is 15.9 Å². The van der Waals surface area contributed by atoms with E-state index in [1.54, 1.807) is 40.0 Å². The van der Waals surface area contributed by atoms with Crippen LogP contribution in [0.2, 0.25) is 0 Å². The van der Waals surface area contributed by atoms with Crippen molar-refractivity contribution in [3.05, 3.63) is 34.1 Å². The molecule has 1 atom stereocenters. The highest BCUT2D eigenvalue weighted by Gasteiger charge is 2.37. The minimum atomic E-state index is -0.793. The first-order valence-corrected chi connectivity index (χ1v) is 9.14. The molecule has 1 aromatic carbocycles. The molecule has 26 heavy (non-hydrogen) atoms. The maximum Gasteiger partial charge on any atom is 0.411 e. The summed E-state index contributed by atoms with van der Waals surface area (Å²) >= 11 is 3.30. The minimum absolute atomic E-state index is 0.0861. The third-order valence-corrected chi connectivity index (χ3v) is 4.33. The van der Waals surface area contributed by atoms with E-state index in [1.165, 1.54) is 15.9 Å². The van der Waals surface area contributed by atoms with Crippen molar-refractivity contribution in [2.24, 2.45) is 0 Å². The maximum atomic E-state index is 14.0. The van der Waals surface area contributed by atoms with Crippen LogP contribution in [0.25, 0.3) is 0 Å². The lowest BCUT2D eigenvalue weighted by atomic mass is 10.1. The van der Waals surface area contributed by atoms with Crippen molar-refractivity contribution in [2.45, 2.75) is 39.0 Å². The Morgan fingerprint density at radius 2 is 2.12 bits per heavy atom. The Hall–Kier alpha value is -1.67. The first-order chi connectivity index (χ1) is 12.1. The van der Waals surface area contributed by atoms with Gasteiger partial charge < -0.3 is 14.4 Å². The number of nitrogens with zero attached hydrogens (tertiary/aromatic N) is 2. The van der Waals surface area contributed by atoms with Crippen LogP contribution in [0.5, 0.6) is 0 Å². The van der Waals surface area contributed by atoms with Crippen molar-refractivity contribution >= 4 is 27.9 Å². The van der Waals surface area contributed by atoms with E-state index >= 15 is 0 Å². The van der Waals surface area contributed by atoms with Crippen LogP contribution in [-0.2, 0) is 20.8 Å². The lowest BCUT2D eigenvalue weighted by Gasteiger charge is -2.37. The van der Waals surface area contributed by atoms with E-state index in [-0.39, 0.29) is 25.6 Å². The molecule has 2 rings (SSSR count). The summed E-state index contributed by atoms with van der Waals surface area (Å²) in [7, 11) is 1.57. The molecule has 0 spiro atoms. The molecule has 0 bridgehead atoms. The minimum Gasteiger partial charge on any atom is -0.444 e. The SMILES string of the molecule is CN(Cc1cc(Br)ccc1F)C(=O)C1COCCN1C(=O)OC(C)(C)C. The number of carbonyl (C=O) groups is 2. The van der Waals surface area contributed by atoms with Crippen molar-refractivity contribution in [1.29, 1.82) is 0 Å². The highest BCUT2D eigenvalue weighted by Crippen LogP contribution is 2.19. The van der Waals surface area contributed by atoms with Crippen LogP contribution in [0.3, 0.4) is 0 Å². The Morgan fingerprint density at radius 1 is 1.42 bits per heavy atom. The van der Waals surface area contributed by atoms with Crippen molar-refractivity contribution in [2.75, 3.05) is 26.8 Å². The Balaban J connectivity index is 2.11. The van der Waals surface area contributed by atoms with E-state index < -0.39 is 23.6 Å². The zero-order chi connectivity index (χ0) is 19.5. The molecule has 1 fully saturated rings. The number of morpholine rings is 1. The molecule has 1 aromatic rings. The summed E-state index contributed by atoms with van der Waals surface area (Å²) in [6.45, 7) is 6.09. The van der Waals surface area contributed by atoms with Gasteiger partial charge in [0.25, 0.3) is 0 Å². The molecule has 0 N–H and O–H groups in total. The predicted octanol–water partition coefficient (Wildman–Crippen LogP) is 3.18. The summed E-state index contributed by atoms with van der Waals surface area (Å²) in [4.78, 5) is 28.0. The van der Waals surface area contributed by atoms with Crippen LogP contribution in [0.15, 0.2) is 22.7 Å². The number of amides is 2. The molecule has 0 saturated carbocycles. The number of halogens is 2. The number of carbonyl (C=O) groups excluding carboxylic acids is 2. The third kappa shape index (κ3) is 5.41. The van der Waals surface area contributed by atoms with Gasteiger partial charge in [0.05, 0.1) is 13.2 Å². The lowest BCUT2D eigenvalue weighted by molar-refractivity contribution is -0.142. The van der Waals surface area contributed by atoms with Gasteiger partial charge in [-0.05, 0) is 39.0 Å². The largest absolute Gasteiger partial charge is 0.444 e. The van der Waals surface area contributed by atoms with Crippen LogP contribution in [-0.4, -0.2) is 60.2 Å². The molecule has 144 valence electrons. The molecule has 1 aliphatic rings. The van der Waals surface area contributed by atoms with Gasteiger partial charge >= 0.3 is 6.09 Å². The van der Waals surface area contributed by atoms with Crippen LogP contribution in [0, 0.1) is 5.82 Å². The maximum absolute atomic E-state index is 14.0. The van der Waals surface area contributed by atoms with E-state index in [4.69, 9.17) is 9.47 Å². The Bertz CT molecular complexity index is 678. The Kier molecular flexibility index (Phi) is 6.63. The molecule has 6 nitrogen and oxygen atoms in total. The van der Waals surface area contributed by atoms with Gasteiger partial charge in [-0.1, -0.05) is 15.9 Å². The number of hydrogen-bond acceptors (Lipinski definition) is 4. The average Bonchev–Trinajstić information content (AvgIpc) is 2.56. The highest BCUT2D eigenvalue weighted by molar-refractivity contribution is 9.10. The van der Waals surface area contributed by atoms with Crippen LogP contribution in [0.4, 0.5) is 9.18 Å². The fraction of sp³-hybridized carbons (Fsp3) is 0.556. The van der Waals surface area contributed by atoms with Gasteiger partial charge in [-0.2, -0.15) is 0 Å². The van der Waals surface area contributed by atoms with E-state index in [0.29, 0.717) is 12.2 Å². The summed E-state index contributed by atoms with van der Waals surface area (Å²) in [5.41, 5.74) is -0.273. The number of rotatable bonds is 3. The summed E-state index contributed by atoms with van der Waals surface area (Å²) < 4.78 is 25.4. The predicted molar refractivity (Wildman–Crippen MR) is 98.1 cm³/mol. The second-order valence-corrected chi connectivity index (χ2v) is 8.11. The van der Waals surface area contributed by atoms with Crippen LogP contribution < -0.4 is 0 Å². The fourth-order valence-electron chi connectivity index (χ4n) is 2.60. The van der Waals surface area contributed by atoms with E-state index in [2.05, 4.69) is 15.9 Å². The van der Waals surface area contributed by atoms with Gasteiger partial charge in [0.2, 0.25) is 5.91 Å². The first-order valence-electron chi connectivity index (χ1n) is 8.35. The summed E-state index contributed by atoms with van der Waals surface area (Å²) in [6.07, 6.45) is -0.554. The average molecular weight is 431 g/mol. The zero-order valence-corrected chi connectivity index (χ0v) is 17.0. The molecule has 0 aliphatic carbocycles. The van der Waals surface area contributed by atoms with Gasteiger partial charge in [0.1, 0.15) is 17.5 Å². The second-order valence-electron chi connectivity index (χ2n) is 7.19. The van der Waals surface area contributed by atoms with Crippen molar-refractivity contribution in [3.63, 3.8) is 0 Å². The Labute approximate surface area is 161 Å². The van der Waals surface area contributed by atoms with Gasteiger partial charge in [0, 0.05) is 30.2 Å². The quantitative estimate of drug-likeness (QED) is 0.738. The highest BCUT2D eigenvalue weighted by atomic mass is 79.9. The molecule has 1 heterocycles. The number of likely N-dealkylation sites (N-methyl/N-ethyl adjacent to an activating group) is 1. The molecule has 1 saturated heterocycles. The lowest BCUT2D eigenvalue weighted by Crippen LogP contribution is -2.56. The van der Waals surface area contributed by atoms with E-state index in [1.807, 2.05) is 0 Å². The zero-order valence-electron chi connectivity index (χ0n) is 15.4. The van der Waals surface area contributed by atoms with E-state index in [0.717, 1.165) is 4.47 Å². The fourth-order valence-corrected chi connectivity index (χ4v) is 3.01. The van der Waals surface area contributed by atoms with Gasteiger partial charge in [-0.3, -0.25) is 9.69 Å². The third-order valence-electron chi connectivity index (χ3n) is 3.83. The van der Waals surface area contributed by atoms with Crippen molar-refractivity contribution in [1.82, 2.24) is 9.80 Å². The molecule has 8 heteroatoms. The molecule has 0 radical (unpaired) electrons. The number of hydrogen-bond donors (Lipinski definition) is 0. The van der Waals surface area contributed by atoms with Gasteiger partial charge in [-0.25, -0.2) is 9.18 Å². The standard InChI is InChI=1S/C18H24BrFN2O4/c1-18(2,3)26-17(24)22-7-8-25-11-15(22)16(23)21(4)10-12-9-13(19)5-6-14(12)20/h5-6,9,15H,7-8,10-11H2,1-4H3. The monoisotopic (exact) mass is 430 g/mol. The molecule has 2 amide bonds. The molecular weight excluding hydrogens is 407 g/mol. The molecule has 1 aliphatic heterocycles.